The summed E-state index contributed by atoms with van der Waals surface area (Å²) in [4.78, 5) is 7.33. The number of rotatable bonds is 18. The highest BCUT2D eigenvalue weighted by atomic mass is 32.2. The van der Waals surface area contributed by atoms with Crippen LogP contribution in [0.1, 0.15) is 37.8 Å². The first-order valence-corrected chi connectivity index (χ1v) is 16.1. The lowest BCUT2D eigenvalue weighted by Crippen LogP contribution is -2.38. The van der Waals surface area contributed by atoms with Crippen molar-refractivity contribution >= 4 is 33.8 Å². The van der Waals surface area contributed by atoms with E-state index >= 15 is 0 Å². The molecule has 3 unspecified atom stereocenters. The van der Waals surface area contributed by atoms with E-state index < -0.39 is 23.0 Å². The highest BCUT2D eigenvalue weighted by molar-refractivity contribution is 7.85. The average Bonchev–Trinajstić information content (AvgIpc) is 2.99. The summed E-state index contributed by atoms with van der Waals surface area (Å²) in [7, 11) is -1.27. The van der Waals surface area contributed by atoms with Gasteiger partial charge < -0.3 is 30.7 Å². The fraction of sp³-hybridized carbons (Fsp3) is 0.469. The number of terminal acetylenes is 1. The molecule has 2 aromatic rings. The SMILES string of the molecule is C#Cc1c(NC2=CC=CCC2)nc(NCCOCCO)c(N=Nc2ccc(S(=O)CCN(CC(C)O)CC(C)O)cc2)c1C. The number of aromatic nitrogens is 1. The zero-order valence-corrected chi connectivity index (χ0v) is 26.5. The van der Waals surface area contributed by atoms with Gasteiger partial charge in [-0.1, -0.05) is 18.1 Å². The summed E-state index contributed by atoms with van der Waals surface area (Å²) in [6.07, 6.45) is 12.7. The van der Waals surface area contributed by atoms with Gasteiger partial charge in [-0.2, -0.15) is 5.11 Å². The Balaban J connectivity index is 1.79. The first-order valence-electron chi connectivity index (χ1n) is 14.8. The Morgan fingerprint density at radius 1 is 1.14 bits per heavy atom. The Morgan fingerprint density at radius 3 is 2.48 bits per heavy atom. The van der Waals surface area contributed by atoms with Gasteiger partial charge in [0.15, 0.2) is 5.82 Å². The number of hydrogen-bond donors (Lipinski definition) is 5. The molecule has 0 aliphatic heterocycles. The Hall–Kier alpha value is -3.44. The normalized spacial score (nSPS) is 15.2. The number of hydrogen-bond acceptors (Lipinski definition) is 11. The minimum Gasteiger partial charge on any atom is -0.394 e. The third-order valence-electron chi connectivity index (χ3n) is 6.63. The minimum atomic E-state index is -1.27. The number of nitrogens with zero attached hydrogens (tertiary/aromatic N) is 4. The third-order valence-corrected chi connectivity index (χ3v) is 7.98. The molecule has 0 fully saturated rings. The fourth-order valence-electron chi connectivity index (χ4n) is 4.58. The van der Waals surface area contributed by atoms with Crippen molar-refractivity contribution in [3.8, 4) is 12.3 Å². The van der Waals surface area contributed by atoms with Crippen LogP contribution in [0.3, 0.4) is 0 Å². The minimum absolute atomic E-state index is 0.0535. The van der Waals surface area contributed by atoms with Crippen LogP contribution in [0, 0.1) is 19.3 Å². The lowest BCUT2D eigenvalue weighted by Gasteiger charge is -2.24. The average molecular weight is 625 g/mol. The van der Waals surface area contributed by atoms with Crippen molar-refractivity contribution in [2.45, 2.75) is 50.7 Å². The van der Waals surface area contributed by atoms with Crippen molar-refractivity contribution in [3.63, 3.8) is 0 Å². The molecule has 238 valence electrons. The number of ether oxygens (including phenoxy) is 1. The molecule has 1 aromatic carbocycles. The first-order chi connectivity index (χ1) is 21.2. The van der Waals surface area contributed by atoms with Gasteiger partial charge in [0.25, 0.3) is 0 Å². The third kappa shape index (κ3) is 11.2. The Bertz CT molecular complexity index is 1360. The van der Waals surface area contributed by atoms with Gasteiger partial charge in [0, 0.05) is 42.5 Å². The second kappa shape index (κ2) is 18.4. The van der Waals surface area contributed by atoms with Crippen LogP contribution >= 0.6 is 0 Å². The standard InChI is InChI=1S/C32H44N6O5S/c1-5-29-25(4)30(32(33-15-18-43-19-17-39)35-31(29)34-26-9-7-6-8-10-26)37-36-27-11-13-28(14-12-27)44(42)20-16-38(21-23(2)40)22-24(3)41/h1,6-7,9,11-14,23-24,39-41H,8,10,15-22H2,2-4H3,(H2,33,34,35). The molecule has 0 spiro atoms. The van der Waals surface area contributed by atoms with Gasteiger partial charge in [0.05, 0.1) is 54.1 Å². The lowest BCUT2D eigenvalue weighted by atomic mass is 10.1. The van der Waals surface area contributed by atoms with Crippen LogP contribution in [0.25, 0.3) is 0 Å². The number of nitrogens with one attached hydrogen (secondary N) is 2. The van der Waals surface area contributed by atoms with Gasteiger partial charge in [-0.25, -0.2) is 4.98 Å². The summed E-state index contributed by atoms with van der Waals surface area (Å²) in [6.45, 7) is 7.52. The Kier molecular flexibility index (Phi) is 14.6. The summed E-state index contributed by atoms with van der Waals surface area (Å²) in [5.41, 5.74) is 3.39. The van der Waals surface area contributed by atoms with Crippen molar-refractivity contribution in [2.24, 2.45) is 10.2 Å². The number of allylic oxidation sites excluding steroid dienone is 4. The van der Waals surface area contributed by atoms with E-state index in [4.69, 9.17) is 21.3 Å². The van der Waals surface area contributed by atoms with Gasteiger partial charge in [0.2, 0.25) is 0 Å². The molecule has 0 saturated carbocycles. The molecule has 0 radical (unpaired) electrons. The van der Waals surface area contributed by atoms with Crippen molar-refractivity contribution in [1.29, 1.82) is 0 Å². The maximum absolute atomic E-state index is 12.9. The van der Waals surface area contributed by atoms with Gasteiger partial charge in [-0.3, -0.25) is 9.11 Å². The molecule has 1 aromatic heterocycles. The molecule has 3 rings (SSSR count). The molecular formula is C32H44N6O5S. The molecule has 3 atom stereocenters. The van der Waals surface area contributed by atoms with Crippen LogP contribution in [0.4, 0.5) is 23.0 Å². The van der Waals surface area contributed by atoms with E-state index in [1.807, 2.05) is 24.0 Å². The fourth-order valence-corrected chi connectivity index (χ4v) is 5.68. The number of benzene rings is 1. The molecular weight excluding hydrogens is 580 g/mol. The zero-order valence-electron chi connectivity index (χ0n) is 25.7. The highest BCUT2D eigenvalue weighted by Gasteiger charge is 2.18. The second-order valence-electron chi connectivity index (χ2n) is 10.5. The molecule has 12 heteroatoms. The van der Waals surface area contributed by atoms with E-state index in [0.29, 0.717) is 72.0 Å². The summed E-state index contributed by atoms with van der Waals surface area (Å²) < 4.78 is 18.3. The molecule has 44 heavy (non-hydrogen) atoms. The van der Waals surface area contributed by atoms with Crippen LogP contribution < -0.4 is 10.6 Å². The zero-order chi connectivity index (χ0) is 31.9. The number of anilines is 2. The van der Waals surface area contributed by atoms with E-state index in [1.54, 1.807) is 38.1 Å². The molecule has 5 N–H and O–H groups in total. The van der Waals surface area contributed by atoms with Crippen molar-refractivity contribution in [3.05, 3.63) is 59.3 Å². The Morgan fingerprint density at radius 2 is 1.86 bits per heavy atom. The molecule has 1 heterocycles. The number of pyridine rings is 1. The molecule has 1 aliphatic carbocycles. The largest absolute Gasteiger partial charge is 0.394 e. The maximum atomic E-state index is 12.9. The molecule has 0 bridgehead atoms. The quantitative estimate of drug-likeness (QED) is 0.0941. The van der Waals surface area contributed by atoms with Crippen LogP contribution in [-0.2, 0) is 15.5 Å². The highest BCUT2D eigenvalue weighted by Crippen LogP contribution is 2.35. The van der Waals surface area contributed by atoms with E-state index in [9.17, 15) is 14.4 Å². The molecule has 0 amide bonds. The number of aliphatic hydroxyl groups is 3. The summed E-state index contributed by atoms with van der Waals surface area (Å²) >= 11 is 0. The van der Waals surface area contributed by atoms with E-state index in [2.05, 4.69) is 32.9 Å². The van der Waals surface area contributed by atoms with Gasteiger partial charge in [0.1, 0.15) is 11.5 Å². The van der Waals surface area contributed by atoms with Crippen LogP contribution in [-0.4, -0.2) is 93.4 Å². The predicted octanol–water partition coefficient (Wildman–Crippen LogP) is 4.02. The summed E-state index contributed by atoms with van der Waals surface area (Å²) in [5, 5.41) is 44.0. The topological polar surface area (TPSA) is 152 Å². The van der Waals surface area contributed by atoms with Crippen molar-refractivity contribution in [2.75, 3.05) is 62.4 Å². The number of aliphatic hydroxyl groups excluding tert-OH is 3. The summed E-state index contributed by atoms with van der Waals surface area (Å²) in [6, 6.07) is 7.01. The molecule has 11 nitrogen and oxygen atoms in total. The lowest BCUT2D eigenvalue weighted by molar-refractivity contribution is 0.0874. The van der Waals surface area contributed by atoms with E-state index in [-0.39, 0.29) is 13.2 Å². The van der Waals surface area contributed by atoms with Crippen molar-refractivity contribution < 1.29 is 24.3 Å². The van der Waals surface area contributed by atoms with E-state index in [0.717, 1.165) is 24.1 Å². The predicted molar refractivity (Wildman–Crippen MR) is 175 cm³/mol. The van der Waals surface area contributed by atoms with Crippen LogP contribution in [0.15, 0.2) is 63.3 Å². The van der Waals surface area contributed by atoms with Crippen molar-refractivity contribution in [1.82, 2.24) is 9.88 Å². The smallest absolute Gasteiger partial charge is 0.156 e. The number of azo groups is 1. The van der Waals surface area contributed by atoms with Crippen LogP contribution in [0.2, 0.25) is 0 Å². The summed E-state index contributed by atoms with van der Waals surface area (Å²) in [5.74, 6) is 4.15. The Labute approximate surface area is 262 Å². The van der Waals surface area contributed by atoms with Gasteiger partial charge in [-0.05, 0) is 69.5 Å². The monoisotopic (exact) mass is 624 g/mol. The maximum Gasteiger partial charge on any atom is 0.156 e. The first kappa shape index (κ1) is 35.0. The molecule has 0 saturated heterocycles. The molecule has 1 aliphatic rings. The van der Waals surface area contributed by atoms with Gasteiger partial charge in [-0.15, -0.1) is 11.5 Å². The van der Waals surface area contributed by atoms with Gasteiger partial charge >= 0.3 is 0 Å². The second-order valence-corrected chi connectivity index (χ2v) is 12.1. The van der Waals surface area contributed by atoms with E-state index in [1.165, 1.54) is 0 Å². The van der Waals surface area contributed by atoms with Crippen LogP contribution in [0.5, 0.6) is 0 Å².